The molecule has 0 saturated carbocycles. The highest BCUT2D eigenvalue weighted by molar-refractivity contribution is 6.32. The zero-order valence-electron chi connectivity index (χ0n) is 7.37. The predicted octanol–water partition coefficient (Wildman–Crippen LogP) is 0.876. The summed E-state index contributed by atoms with van der Waals surface area (Å²) in [6.45, 7) is 0.179. The van der Waals surface area contributed by atoms with Gasteiger partial charge < -0.3 is 16.6 Å². The van der Waals surface area contributed by atoms with Gasteiger partial charge in [0.15, 0.2) is 0 Å². The van der Waals surface area contributed by atoms with E-state index in [-0.39, 0.29) is 17.3 Å². The summed E-state index contributed by atoms with van der Waals surface area (Å²) in [5, 5.41) is 18.3. The molecule has 5 N–H and O–H groups in total. The van der Waals surface area contributed by atoms with Crippen LogP contribution in [0.15, 0.2) is 12.1 Å². The van der Waals surface area contributed by atoms with E-state index in [0.29, 0.717) is 11.1 Å². The number of hydrogen-bond acceptors (Lipinski definition) is 4. The molecule has 1 aromatic carbocycles. The van der Waals surface area contributed by atoms with Gasteiger partial charge in [0, 0.05) is 18.2 Å². The summed E-state index contributed by atoms with van der Waals surface area (Å²) in [4.78, 5) is 0. The maximum absolute atomic E-state index is 9.54. The summed E-state index contributed by atoms with van der Waals surface area (Å²) in [6.07, 6.45) is 0. The number of nitrogens with zero attached hydrogens (tertiary/aromatic N) is 1. The van der Waals surface area contributed by atoms with Gasteiger partial charge in [0.25, 0.3) is 0 Å². The minimum atomic E-state index is -0.513. The summed E-state index contributed by atoms with van der Waals surface area (Å²) in [5.41, 5.74) is 11.7. The number of nitrogens with two attached hydrogens (primary N) is 2. The molecule has 0 unspecified atom stereocenters. The molecule has 0 heterocycles. The predicted molar refractivity (Wildman–Crippen MR) is 53.8 cm³/mol. The van der Waals surface area contributed by atoms with E-state index in [2.05, 4.69) is 0 Å². The molecule has 74 valence electrons. The number of hydrogen-bond donors (Lipinski definition) is 3. The van der Waals surface area contributed by atoms with E-state index in [1.165, 1.54) is 12.1 Å². The molecule has 0 radical (unpaired) electrons. The zero-order chi connectivity index (χ0) is 10.7. The van der Waals surface area contributed by atoms with Crippen LogP contribution in [0.2, 0.25) is 5.02 Å². The van der Waals surface area contributed by atoms with Gasteiger partial charge in [-0.15, -0.1) is 0 Å². The van der Waals surface area contributed by atoms with Crippen molar-refractivity contribution in [2.24, 2.45) is 11.5 Å². The van der Waals surface area contributed by atoms with E-state index in [1.807, 2.05) is 6.07 Å². The first kappa shape index (κ1) is 10.8. The van der Waals surface area contributed by atoms with Crippen LogP contribution in [-0.2, 0) is 0 Å². The molecule has 0 spiro atoms. The lowest BCUT2D eigenvalue weighted by Gasteiger charge is -2.12. The third-order valence-corrected chi connectivity index (χ3v) is 2.16. The van der Waals surface area contributed by atoms with Crippen molar-refractivity contribution in [3.05, 3.63) is 28.3 Å². The molecule has 14 heavy (non-hydrogen) atoms. The lowest BCUT2D eigenvalue weighted by molar-refractivity contribution is 0.462. The molecule has 0 aliphatic rings. The smallest absolute Gasteiger partial charge is 0.139 e. The minimum Gasteiger partial charge on any atom is -0.506 e. The first-order valence-corrected chi connectivity index (χ1v) is 4.36. The molecule has 0 saturated heterocycles. The Balaban J connectivity index is 3.28. The Bertz CT molecular complexity index is 386. The summed E-state index contributed by atoms with van der Waals surface area (Å²) >= 11 is 5.70. The Morgan fingerprint density at radius 3 is 2.71 bits per heavy atom. The van der Waals surface area contributed by atoms with Crippen molar-refractivity contribution in [1.29, 1.82) is 5.26 Å². The van der Waals surface area contributed by atoms with Crippen LogP contribution >= 0.6 is 11.6 Å². The van der Waals surface area contributed by atoms with Crippen molar-refractivity contribution in [2.45, 2.75) is 6.04 Å². The van der Waals surface area contributed by atoms with Crippen LogP contribution in [0.5, 0.6) is 5.75 Å². The van der Waals surface area contributed by atoms with Crippen molar-refractivity contribution in [1.82, 2.24) is 0 Å². The molecular weight excluding hydrogens is 202 g/mol. The van der Waals surface area contributed by atoms with Crippen LogP contribution in [0.25, 0.3) is 0 Å². The largest absolute Gasteiger partial charge is 0.506 e. The first-order chi connectivity index (χ1) is 6.60. The molecule has 0 fully saturated rings. The van der Waals surface area contributed by atoms with Crippen LogP contribution < -0.4 is 11.5 Å². The second-order valence-electron chi connectivity index (χ2n) is 2.85. The lowest BCUT2D eigenvalue weighted by Crippen LogP contribution is -2.21. The Labute approximate surface area is 86.7 Å². The number of phenols is 1. The normalized spacial score (nSPS) is 12.1. The fraction of sp³-hybridized carbons (Fsp3) is 0.222. The van der Waals surface area contributed by atoms with Crippen LogP contribution in [0.3, 0.4) is 0 Å². The topological polar surface area (TPSA) is 96.1 Å². The molecule has 0 bridgehead atoms. The fourth-order valence-corrected chi connectivity index (χ4v) is 1.32. The summed E-state index contributed by atoms with van der Waals surface area (Å²) in [6, 6.07) is 4.27. The van der Waals surface area contributed by atoms with Crippen molar-refractivity contribution in [3.8, 4) is 11.8 Å². The lowest BCUT2D eigenvalue weighted by atomic mass is 10.0. The second-order valence-corrected chi connectivity index (χ2v) is 3.26. The first-order valence-electron chi connectivity index (χ1n) is 3.98. The minimum absolute atomic E-state index is 0.108. The second kappa shape index (κ2) is 4.29. The molecule has 1 rings (SSSR count). The monoisotopic (exact) mass is 211 g/mol. The molecule has 0 amide bonds. The van der Waals surface area contributed by atoms with Crippen molar-refractivity contribution in [2.75, 3.05) is 6.54 Å². The van der Waals surface area contributed by atoms with Gasteiger partial charge in [-0.1, -0.05) is 11.6 Å². The van der Waals surface area contributed by atoms with E-state index in [1.54, 1.807) is 0 Å². The molecule has 0 aliphatic carbocycles. The Morgan fingerprint density at radius 2 is 2.21 bits per heavy atom. The number of benzene rings is 1. The van der Waals surface area contributed by atoms with Crippen molar-refractivity contribution >= 4 is 11.6 Å². The summed E-state index contributed by atoms with van der Waals surface area (Å²) < 4.78 is 0. The fourth-order valence-electron chi connectivity index (χ4n) is 1.09. The Kier molecular flexibility index (Phi) is 3.31. The van der Waals surface area contributed by atoms with Crippen LogP contribution in [0.1, 0.15) is 17.2 Å². The maximum atomic E-state index is 9.54. The van der Waals surface area contributed by atoms with Crippen molar-refractivity contribution < 1.29 is 5.11 Å². The van der Waals surface area contributed by atoms with E-state index in [9.17, 15) is 5.11 Å². The molecule has 0 aromatic heterocycles. The SMILES string of the molecule is N#Cc1cc(Cl)c(O)c([C@H](N)CN)c1. The van der Waals surface area contributed by atoms with Crippen LogP contribution in [-0.4, -0.2) is 11.7 Å². The standard InChI is InChI=1S/C9H10ClN3O/c10-7-2-5(3-11)1-6(9(7)14)8(13)4-12/h1-2,8,14H,4,12-13H2/t8-/m1/s1. The zero-order valence-corrected chi connectivity index (χ0v) is 8.12. The number of phenolic OH excluding ortho intramolecular Hbond substituents is 1. The van der Waals surface area contributed by atoms with Gasteiger partial charge in [0.1, 0.15) is 5.75 Å². The van der Waals surface area contributed by atoms with Crippen LogP contribution in [0, 0.1) is 11.3 Å². The van der Waals surface area contributed by atoms with Gasteiger partial charge in [0.2, 0.25) is 0 Å². The highest BCUT2D eigenvalue weighted by Crippen LogP contribution is 2.31. The van der Waals surface area contributed by atoms with Crippen LogP contribution in [0.4, 0.5) is 0 Å². The van der Waals surface area contributed by atoms with Crippen molar-refractivity contribution in [3.63, 3.8) is 0 Å². The summed E-state index contributed by atoms with van der Waals surface area (Å²) in [7, 11) is 0. The van der Waals surface area contributed by atoms with E-state index < -0.39 is 6.04 Å². The van der Waals surface area contributed by atoms with E-state index >= 15 is 0 Å². The molecule has 4 nitrogen and oxygen atoms in total. The van der Waals surface area contributed by atoms with Gasteiger partial charge in [-0.2, -0.15) is 5.26 Å². The third-order valence-electron chi connectivity index (χ3n) is 1.88. The Hall–Kier alpha value is -1.28. The average Bonchev–Trinajstić information content (AvgIpc) is 2.20. The van der Waals surface area contributed by atoms with Gasteiger partial charge in [-0.25, -0.2) is 0 Å². The number of halogens is 1. The van der Waals surface area contributed by atoms with Gasteiger partial charge in [-0.3, -0.25) is 0 Å². The van der Waals surface area contributed by atoms with E-state index in [0.717, 1.165) is 0 Å². The number of aromatic hydroxyl groups is 1. The molecular formula is C9H10ClN3O. The van der Waals surface area contributed by atoms with Gasteiger partial charge in [-0.05, 0) is 12.1 Å². The Morgan fingerprint density at radius 1 is 1.57 bits per heavy atom. The molecule has 1 aromatic rings. The van der Waals surface area contributed by atoms with E-state index in [4.69, 9.17) is 28.3 Å². The van der Waals surface area contributed by atoms with Gasteiger partial charge >= 0.3 is 0 Å². The number of rotatable bonds is 2. The third kappa shape index (κ3) is 1.96. The molecule has 1 atom stereocenters. The quantitative estimate of drug-likeness (QED) is 0.677. The average molecular weight is 212 g/mol. The van der Waals surface area contributed by atoms with Gasteiger partial charge in [0.05, 0.1) is 16.7 Å². The highest BCUT2D eigenvalue weighted by atomic mass is 35.5. The number of nitriles is 1. The maximum Gasteiger partial charge on any atom is 0.139 e. The molecule has 0 aliphatic heterocycles. The molecule has 5 heteroatoms. The summed E-state index contributed by atoms with van der Waals surface area (Å²) in [5.74, 6) is -0.108. The highest BCUT2D eigenvalue weighted by Gasteiger charge is 2.13.